The molecule has 1 saturated carbocycles. The van der Waals surface area contributed by atoms with E-state index in [1.54, 1.807) is 17.4 Å². The van der Waals surface area contributed by atoms with Gasteiger partial charge in [0.15, 0.2) is 0 Å². The van der Waals surface area contributed by atoms with Crippen molar-refractivity contribution in [3.63, 3.8) is 0 Å². The third kappa shape index (κ3) is 4.35. The fourth-order valence-corrected chi connectivity index (χ4v) is 5.22. The maximum absolute atomic E-state index is 13.1. The Labute approximate surface area is 141 Å². The summed E-state index contributed by atoms with van der Waals surface area (Å²) in [7, 11) is -3.48. The monoisotopic (exact) mass is 341 g/mol. The van der Waals surface area contributed by atoms with Crippen LogP contribution in [0.1, 0.15) is 65.1 Å². The van der Waals surface area contributed by atoms with Crippen LogP contribution in [0, 0.1) is 18.8 Å². The molecule has 1 fully saturated rings. The molecule has 0 unspecified atom stereocenters. The highest BCUT2D eigenvalue weighted by atomic mass is 32.2. The van der Waals surface area contributed by atoms with E-state index in [1.165, 1.54) is 12.8 Å². The third-order valence-electron chi connectivity index (χ3n) is 4.33. The number of nitrogens with zero attached hydrogens (tertiary/aromatic N) is 3. The lowest BCUT2D eigenvalue weighted by Gasteiger charge is -2.25. The van der Waals surface area contributed by atoms with Crippen LogP contribution < -0.4 is 0 Å². The van der Waals surface area contributed by atoms with E-state index < -0.39 is 10.0 Å². The Bertz CT molecular complexity index is 604. The highest BCUT2D eigenvalue weighted by Gasteiger charge is 2.30. The van der Waals surface area contributed by atoms with Gasteiger partial charge >= 0.3 is 0 Å². The van der Waals surface area contributed by atoms with E-state index in [2.05, 4.69) is 32.8 Å². The van der Waals surface area contributed by atoms with Crippen molar-refractivity contribution in [2.75, 3.05) is 13.1 Å². The summed E-state index contributed by atoms with van der Waals surface area (Å²) in [6.07, 6.45) is 6.37. The van der Waals surface area contributed by atoms with Crippen molar-refractivity contribution >= 4 is 10.0 Å². The molecule has 5 nitrogen and oxygen atoms in total. The van der Waals surface area contributed by atoms with Crippen LogP contribution in [-0.2, 0) is 10.0 Å². The zero-order chi connectivity index (χ0) is 17.2. The van der Waals surface area contributed by atoms with E-state index in [0.717, 1.165) is 12.8 Å². The Morgan fingerprint density at radius 1 is 1.17 bits per heavy atom. The number of hydrogen-bond acceptors (Lipinski definition) is 3. The van der Waals surface area contributed by atoms with Gasteiger partial charge in [0.1, 0.15) is 4.90 Å². The molecule has 1 heterocycles. The molecule has 0 amide bonds. The fourth-order valence-electron chi connectivity index (χ4n) is 3.30. The summed E-state index contributed by atoms with van der Waals surface area (Å²) >= 11 is 0. The van der Waals surface area contributed by atoms with Crippen LogP contribution in [0.2, 0.25) is 0 Å². The molecule has 0 aromatic carbocycles. The highest BCUT2D eigenvalue weighted by molar-refractivity contribution is 7.89. The summed E-state index contributed by atoms with van der Waals surface area (Å²) in [5, 5.41) is 4.51. The minimum atomic E-state index is -3.48. The molecule has 0 saturated heterocycles. The van der Waals surface area contributed by atoms with Gasteiger partial charge in [0, 0.05) is 19.3 Å². The summed E-state index contributed by atoms with van der Waals surface area (Å²) in [5.41, 5.74) is 0.620. The van der Waals surface area contributed by atoms with E-state index in [1.807, 2.05) is 4.68 Å². The molecule has 132 valence electrons. The first-order valence-electron chi connectivity index (χ1n) is 8.77. The lowest BCUT2D eigenvalue weighted by atomic mass is 10.2. The van der Waals surface area contributed by atoms with Crippen LogP contribution >= 0.6 is 0 Å². The summed E-state index contributed by atoms with van der Waals surface area (Å²) in [5.74, 6) is 0.599. The molecule has 6 heteroatoms. The van der Waals surface area contributed by atoms with E-state index in [4.69, 9.17) is 0 Å². The Kier molecular flexibility index (Phi) is 5.89. The van der Waals surface area contributed by atoms with Crippen LogP contribution in [0.5, 0.6) is 0 Å². The van der Waals surface area contributed by atoms with Crippen LogP contribution in [-0.4, -0.2) is 35.6 Å². The Hall–Kier alpha value is -0.880. The highest BCUT2D eigenvalue weighted by Crippen LogP contribution is 2.31. The molecular weight excluding hydrogens is 310 g/mol. The second-order valence-electron chi connectivity index (χ2n) is 7.61. The second-order valence-corrected chi connectivity index (χ2v) is 9.51. The molecule has 1 aromatic heterocycles. The molecule has 0 radical (unpaired) electrons. The largest absolute Gasteiger partial charge is 0.268 e. The van der Waals surface area contributed by atoms with Crippen LogP contribution in [0.3, 0.4) is 0 Å². The Morgan fingerprint density at radius 2 is 1.70 bits per heavy atom. The third-order valence-corrected chi connectivity index (χ3v) is 6.26. The predicted molar refractivity (Wildman–Crippen MR) is 92.9 cm³/mol. The first kappa shape index (κ1) is 18.5. The molecule has 0 N–H and O–H groups in total. The molecule has 1 aliphatic carbocycles. The quantitative estimate of drug-likeness (QED) is 0.761. The van der Waals surface area contributed by atoms with Gasteiger partial charge in [-0.1, -0.05) is 40.5 Å². The van der Waals surface area contributed by atoms with Crippen molar-refractivity contribution in [1.82, 2.24) is 14.1 Å². The molecular formula is C17H31N3O2S. The number of sulfonamides is 1. The van der Waals surface area contributed by atoms with Gasteiger partial charge in [-0.25, -0.2) is 8.42 Å². The molecule has 0 aliphatic heterocycles. The van der Waals surface area contributed by atoms with Gasteiger partial charge in [0.05, 0.1) is 11.7 Å². The van der Waals surface area contributed by atoms with Gasteiger partial charge in [0.25, 0.3) is 0 Å². The second kappa shape index (κ2) is 7.34. The van der Waals surface area contributed by atoms with E-state index in [-0.39, 0.29) is 0 Å². The Morgan fingerprint density at radius 3 is 2.17 bits per heavy atom. The molecule has 1 aromatic rings. The zero-order valence-electron chi connectivity index (χ0n) is 15.1. The lowest BCUT2D eigenvalue weighted by Crippen LogP contribution is -2.37. The van der Waals surface area contributed by atoms with Crippen molar-refractivity contribution < 1.29 is 8.42 Å². The Balaban J connectivity index is 2.32. The van der Waals surface area contributed by atoms with Crippen molar-refractivity contribution in [2.24, 2.45) is 11.8 Å². The summed E-state index contributed by atoms with van der Waals surface area (Å²) in [6.45, 7) is 11.1. The van der Waals surface area contributed by atoms with Gasteiger partial charge in [0.2, 0.25) is 10.0 Å². The average Bonchev–Trinajstić information content (AvgIpc) is 3.05. The topological polar surface area (TPSA) is 55.2 Å². The van der Waals surface area contributed by atoms with Crippen LogP contribution in [0.25, 0.3) is 0 Å². The van der Waals surface area contributed by atoms with E-state index in [9.17, 15) is 8.42 Å². The molecule has 23 heavy (non-hydrogen) atoms. The number of rotatable bonds is 7. The van der Waals surface area contributed by atoms with Gasteiger partial charge in [-0.15, -0.1) is 0 Å². The van der Waals surface area contributed by atoms with Crippen LogP contribution in [0.15, 0.2) is 11.1 Å². The van der Waals surface area contributed by atoms with Crippen molar-refractivity contribution in [1.29, 1.82) is 0 Å². The van der Waals surface area contributed by atoms with Gasteiger partial charge in [-0.05, 0) is 31.6 Å². The first-order valence-corrected chi connectivity index (χ1v) is 10.2. The SMILES string of the molecule is Cc1nn(C2CCCC2)cc1S(=O)(=O)N(CC(C)C)CC(C)C. The molecule has 0 atom stereocenters. The molecule has 0 bridgehead atoms. The molecule has 2 rings (SSSR count). The van der Waals surface area contributed by atoms with Gasteiger partial charge in [-0.3, -0.25) is 4.68 Å². The number of hydrogen-bond donors (Lipinski definition) is 0. The minimum Gasteiger partial charge on any atom is -0.268 e. The first-order chi connectivity index (χ1) is 10.7. The van der Waals surface area contributed by atoms with Gasteiger partial charge in [-0.2, -0.15) is 9.40 Å². The predicted octanol–water partition coefficient (Wildman–Crippen LogP) is 3.61. The standard InChI is InChI=1S/C17H31N3O2S/c1-13(2)10-19(11-14(3)4)23(21,22)17-12-20(18-15(17)5)16-8-6-7-9-16/h12-14,16H,6-11H2,1-5H3. The summed E-state index contributed by atoms with van der Waals surface area (Å²) in [6, 6.07) is 0.362. The van der Waals surface area contributed by atoms with Crippen molar-refractivity contribution in [3.05, 3.63) is 11.9 Å². The smallest absolute Gasteiger partial charge is 0.246 e. The summed E-state index contributed by atoms with van der Waals surface area (Å²) in [4.78, 5) is 0.380. The number of aromatic nitrogens is 2. The van der Waals surface area contributed by atoms with E-state index in [0.29, 0.717) is 41.6 Å². The molecule has 1 aliphatic rings. The van der Waals surface area contributed by atoms with Gasteiger partial charge < -0.3 is 0 Å². The normalized spacial score (nSPS) is 17.0. The average molecular weight is 342 g/mol. The van der Waals surface area contributed by atoms with Crippen molar-refractivity contribution in [2.45, 2.75) is 71.2 Å². The minimum absolute atomic E-state index is 0.300. The maximum atomic E-state index is 13.1. The summed E-state index contributed by atoms with van der Waals surface area (Å²) < 4.78 is 29.8. The van der Waals surface area contributed by atoms with E-state index >= 15 is 0 Å². The maximum Gasteiger partial charge on any atom is 0.246 e. The van der Waals surface area contributed by atoms with Crippen molar-refractivity contribution in [3.8, 4) is 0 Å². The molecule has 0 spiro atoms. The van der Waals surface area contributed by atoms with Crippen LogP contribution in [0.4, 0.5) is 0 Å². The zero-order valence-corrected chi connectivity index (χ0v) is 15.9. The lowest BCUT2D eigenvalue weighted by molar-refractivity contribution is 0.333. The number of aryl methyl sites for hydroxylation is 1. The fraction of sp³-hybridized carbons (Fsp3) is 0.824.